The summed E-state index contributed by atoms with van der Waals surface area (Å²) in [5.74, 6) is -0.594. The molecule has 1 aromatic heterocycles. The van der Waals surface area contributed by atoms with Crippen LogP contribution in [0.5, 0.6) is 5.75 Å². The van der Waals surface area contributed by atoms with Gasteiger partial charge in [0.15, 0.2) is 5.58 Å². The van der Waals surface area contributed by atoms with Gasteiger partial charge in [0, 0.05) is 11.6 Å². The zero-order valence-corrected chi connectivity index (χ0v) is 18.7. The first-order valence-electron chi connectivity index (χ1n) is 10.5. The molecule has 0 spiro atoms. The third-order valence-electron chi connectivity index (χ3n) is 5.49. The molecule has 0 aliphatic rings. The summed E-state index contributed by atoms with van der Waals surface area (Å²) in [6.07, 6.45) is 0. The molecule has 0 amide bonds. The van der Waals surface area contributed by atoms with Gasteiger partial charge in [-0.25, -0.2) is 4.79 Å². The number of ether oxygens (including phenoxy) is 1. The van der Waals surface area contributed by atoms with Crippen molar-refractivity contribution in [1.82, 2.24) is 0 Å². The normalized spacial score (nSPS) is 11.1. The Morgan fingerprint density at radius 1 is 0.848 bits per heavy atom. The second kappa shape index (κ2) is 8.88. The molecule has 5 rings (SSSR count). The fourth-order valence-corrected chi connectivity index (χ4v) is 4.61. The molecule has 0 atom stereocenters. The van der Waals surface area contributed by atoms with E-state index in [0.717, 1.165) is 33.6 Å². The summed E-state index contributed by atoms with van der Waals surface area (Å²) in [5, 5.41) is 0. The molecule has 4 nitrogen and oxygen atoms in total. The second-order valence-electron chi connectivity index (χ2n) is 7.79. The van der Waals surface area contributed by atoms with E-state index < -0.39 is 16.8 Å². The van der Waals surface area contributed by atoms with Crippen LogP contribution in [-0.2, 0) is 4.79 Å². The molecule has 1 heterocycles. The van der Waals surface area contributed by atoms with Crippen LogP contribution in [0.3, 0.4) is 0 Å². The highest BCUT2D eigenvalue weighted by Crippen LogP contribution is 2.36. The highest BCUT2D eigenvalue weighted by molar-refractivity contribution is 7.16. The van der Waals surface area contributed by atoms with Crippen LogP contribution in [0, 0.1) is 6.92 Å². The van der Waals surface area contributed by atoms with Gasteiger partial charge in [-0.3, -0.25) is 4.79 Å². The highest BCUT2D eigenvalue weighted by Gasteiger charge is 2.25. The Kier molecular flexibility index (Phi) is 5.63. The van der Waals surface area contributed by atoms with Crippen molar-refractivity contribution in [1.29, 1.82) is 0 Å². The average molecular weight is 453 g/mol. The van der Waals surface area contributed by atoms with Gasteiger partial charge >= 0.3 is 10.9 Å². The molecule has 162 valence electrons. The number of aryl methyl sites for hydroxylation is 1. The molecular weight excluding hydrogens is 432 g/mol. The predicted octanol–water partition coefficient (Wildman–Crippen LogP) is 6.57. The van der Waals surface area contributed by atoms with Crippen molar-refractivity contribution in [2.45, 2.75) is 12.8 Å². The molecule has 4 aromatic carbocycles. The van der Waals surface area contributed by atoms with Crippen LogP contribution in [0.2, 0.25) is 0 Å². The van der Waals surface area contributed by atoms with Gasteiger partial charge in [-0.1, -0.05) is 102 Å². The van der Waals surface area contributed by atoms with Crippen LogP contribution >= 0.6 is 11.3 Å². The predicted molar refractivity (Wildman–Crippen MR) is 131 cm³/mol. The largest absolute Gasteiger partial charge is 0.426 e. The summed E-state index contributed by atoms with van der Waals surface area (Å²) in [6, 6.07) is 30.5. The first-order chi connectivity index (χ1) is 16.1. The van der Waals surface area contributed by atoms with Gasteiger partial charge in [0.1, 0.15) is 11.7 Å². The maximum Gasteiger partial charge on any atom is 0.396 e. The van der Waals surface area contributed by atoms with Crippen molar-refractivity contribution < 1.29 is 13.9 Å². The van der Waals surface area contributed by atoms with E-state index in [1.54, 1.807) is 12.1 Å². The van der Waals surface area contributed by atoms with Gasteiger partial charge in [-0.2, -0.15) is 0 Å². The van der Waals surface area contributed by atoms with E-state index in [9.17, 15) is 9.59 Å². The van der Waals surface area contributed by atoms with Crippen LogP contribution in [0.4, 0.5) is 0 Å². The first kappa shape index (κ1) is 20.9. The number of carbonyl (C=O) groups is 1. The first-order valence-corrected chi connectivity index (χ1v) is 11.4. The van der Waals surface area contributed by atoms with Crippen molar-refractivity contribution in [2.75, 3.05) is 0 Å². The van der Waals surface area contributed by atoms with Crippen LogP contribution in [0.25, 0.3) is 21.4 Å². The number of esters is 1. The molecule has 0 saturated heterocycles. The van der Waals surface area contributed by atoms with Crippen LogP contribution in [0.1, 0.15) is 22.6 Å². The number of hydrogen-bond donors (Lipinski definition) is 0. The molecule has 0 aliphatic heterocycles. The van der Waals surface area contributed by atoms with Crippen LogP contribution < -0.4 is 9.68 Å². The summed E-state index contributed by atoms with van der Waals surface area (Å²) in [7, 11) is 0. The minimum atomic E-state index is -0.575. The lowest BCUT2D eigenvalue weighted by Crippen LogP contribution is -2.20. The summed E-state index contributed by atoms with van der Waals surface area (Å²) >= 11 is 0.993. The van der Waals surface area contributed by atoms with E-state index >= 15 is 0 Å². The Bertz CT molecular complexity index is 1430. The van der Waals surface area contributed by atoms with Crippen molar-refractivity contribution in [2.24, 2.45) is 0 Å². The van der Waals surface area contributed by atoms with E-state index in [1.807, 2.05) is 91.9 Å². The van der Waals surface area contributed by atoms with Gasteiger partial charge in [-0.15, -0.1) is 0 Å². The van der Waals surface area contributed by atoms with Crippen molar-refractivity contribution in [3.63, 3.8) is 0 Å². The zero-order chi connectivity index (χ0) is 22.8. The van der Waals surface area contributed by atoms with Crippen LogP contribution in [0.15, 0.2) is 106 Å². The number of carbonyl (C=O) groups excluding carboxylic acids is 1. The fourth-order valence-electron chi connectivity index (χ4n) is 3.89. The van der Waals surface area contributed by atoms with E-state index in [1.165, 1.54) is 0 Å². The highest BCUT2D eigenvalue weighted by atomic mass is 32.1. The standard InChI is InChI=1S/C28H20O4S/c1-18-12-14-19(15-13-18)23-16-22(17-24-26(23)32-28(30)33-24)31-27(29)25(20-8-4-2-5-9-20)21-10-6-3-7-11-21/h2-17,25H,1H3. The molecule has 0 unspecified atom stereocenters. The Morgan fingerprint density at radius 3 is 2.06 bits per heavy atom. The monoisotopic (exact) mass is 452 g/mol. The average Bonchev–Trinajstić information content (AvgIpc) is 3.21. The summed E-state index contributed by atoms with van der Waals surface area (Å²) < 4.78 is 12.0. The lowest BCUT2D eigenvalue weighted by atomic mass is 9.91. The third kappa shape index (κ3) is 4.36. The zero-order valence-electron chi connectivity index (χ0n) is 17.9. The molecule has 0 bridgehead atoms. The summed E-state index contributed by atoms with van der Waals surface area (Å²) in [6.45, 7) is 2.01. The molecule has 0 saturated carbocycles. The summed E-state index contributed by atoms with van der Waals surface area (Å²) in [4.78, 5) is 25.0. The minimum Gasteiger partial charge on any atom is -0.426 e. The van der Waals surface area contributed by atoms with Crippen molar-refractivity contribution >= 4 is 27.6 Å². The minimum absolute atomic E-state index is 0.372. The lowest BCUT2D eigenvalue weighted by Gasteiger charge is -2.17. The van der Waals surface area contributed by atoms with E-state index in [0.29, 0.717) is 21.6 Å². The Hall–Kier alpha value is -3.96. The molecule has 0 aliphatic carbocycles. The number of rotatable bonds is 5. The van der Waals surface area contributed by atoms with Gasteiger partial charge in [0.05, 0.1) is 4.70 Å². The second-order valence-corrected chi connectivity index (χ2v) is 8.77. The quantitative estimate of drug-likeness (QED) is 0.224. The van der Waals surface area contributed by atoms with Gasteiger partial charge in [0.2, 0.25) is 0 Å². The Labute approximate surface area is 194 Å². The molecule has 0 fully saturated rings. The molecule has 5 aromatic rings. The molecular formula is C28H20O4S. The molecule has 0 radical (unpaired) electrons. The maximum atomic E-state index is 13.4. The third-order valence-corrected chi connectivity index (χ3v) is 6.26. The van der Waals surface area contributed by atoms with Gasteiger partial charge < -0.3 is 9.15 Å². The van der Waals surface area contributed by atoms with Gasteiger partial charge in [0.25, 0.3) is 0 Å². The van der Waals surface area contributed by atoms with Crippen molar-refractivity contribution in [3.8, 4) is 16.9 Å². The number of fused-ring (bicyclic) bond motifs is 1. The Balaban J connectivity index is 1.57. The SMILES string of the molecule is Cc1ccc(-c2cc(OC(=O)C(c3ccccc3)c3ccccc3)cc3sc(=O)oc23)cc1. The van der Waals surface area contributed by atoms with E-state index in [-0.39, 0.29) is 0 Å². The lowest BCUT2D eigenvalue weighted by molar-refractivity contribution is -0.135. The summed E-state index contributed by atoms with van der Waals surface area (Å²) in [5.41, 5.74) is 4.91. The number of benzene rings is 4. The van der Waals surface area contributed by atoms with E-state index in [4.69, 9.17) is 9.15 Å². The topological polar surface area (TPSA) is 56.5 Å². The smallest absolute Gasteiger partial charge is 0.396 e. The number of hydrogen-bond acceptors (Lipinski definition) is 5. The van der Waals surface area contributed by atoms with Crippen molar-refractivity contribution in [3.05, 3.63) is 123 Å². The van der Waals surface area contributed by atoms with Crippen LogP contribution in [-0.4, -0.2) is 5.97 Å². The molecule has 5 heteroatoms. The molecule has 33 heavy (non-hydrogen) atoms. The van der Waals surface area contributed by atoms with E-state index in [2.05, 4.69) is 0 Å². The molecule has 0 N–H and O–H groups in total. The Morgan fingerprint density at radius 2 is 1.45 bits per heavy atom. The maximum absolute atomic E-state index is 13.4. The van der Waals surface area contributed by atoms with Gasteiger partial charge in [-0.05, 0) is 29.7 Å². The fraction of sp³-hybridized carbons (Fsp3) is 0.0714.